The Morgan fingerprint density at radius 1 is 1.24 bits per heavy atom. The van der Waals surface area contributed by atoms with E-state index < -0.39 is 15.8 Å². The highest BCUT2D eigenvalue weighted by molar-refractivity contribution is 7.92. The second-order valence-corrected chi connectivity index (χ2v) is 6.09. The van der Waals surface area contributed by atoms with E-state index in [1.54, 1.807) is 13.0 Å². The van der Waals surface area contributed by atoms with Crippen molar-refractivity contribution in [1.82, 2.24) is 0 Å². The Balaban J connectivity index is 2.43. The van der Waals surface area contributed by atoms with Gasteiger partial charge in [-0.25, -0.2) is 12.8 Å². The van der Waals surface area contributed by atoms with Crippen LogP contribution in [0.25, 0.3) is 0 Å². The maximum absolute atomic E-state index is 13.5. The van der Waals surface area contributed by atoms with Gasteiger partial charge in [-0.2, -0.15) is 5.26 Å². The number of nitrogens with two attached hydrogens (primary N) is 1. The Bertz CT molecular complexity index is 842. The summed E-state index contributed by atoms with van der Waals surface area (Å²) in [5.74, 6) is -0.520. The minimum absolute atomic E-state index is 0.0740. The molecule has 0 heterocycles. The topological polar surface area (TPSA) is 96.0 Å². The molecule has 0 radical (unpaired) electrons. The van der Waals surface area contributed by atoms with E-state index in [0.717, 1.165) is 6.07 Å². The van der Waals surface area contributed by atoms with Gasteiger partial charge in [-0.05, 0) is 42.8 Å². The zero-order valence-electron chi connectivity index (χ0n) is 11.1. The van der Waals surface area contributed by atoms with E-state index in [1.807, 2.05) is 0 Å². The lowest BCUT2D eigenvalue weighted by atomic mass is 10.2. The molecule has 0 saturated carbocycles. The molecule has 3 N–H and O–H groups in total. The number of aryl methyl sites for hydroxylation is 1. The smallest absolute Gasteiger partial charge is 0.263 e. The third-order valence-corrected chi connectivity index (χ3v) is 4.28. The van der Waals surface area contributed by atoms with Crippen molar-refractivity contribution >= 4 is 21.4 Å². The molecule has 0 amide bonds. The quantitative estimate of drug-likeness (QED) is 0.851. The summed E-state index contributed by atoms with van der Waals surface area (Å²) in [6.45, 7) is 1.57. The van der Waals surface area contributed by atoms with Crippen LogP contribution in [0.15, 0.2) is 41.3 Å². The molecule has 0 fully saturated rings. The number of nitrogens with one attached hydrogen (secondary N) is 1. The first kappa shape index (κ1) is 14.8. The highest BCUT2D eigenvalue weighted by Crippen LogP contribution is 2.22. The Labute approximate surface area is 121 Å². The number of nitriles is 1. The first-order valence-electron chi connectivity index (χ1n) is 5.92. The molecule has 0 unspecified atom stereocenters. The molecule has 5 nitrogen and oxygen atoms in total. The number of nitrogen functional groups attached to an aromatic ring is 1. The van der Waals surface area contributed by atoms with Gasteiger partial charge in [0, 0.05) is 5.69 Å². The fourth-order valence-electron chi connectivity index (χ4n) is 1.74. The van der Waals surface area contributed by atoms with Crippen LogP contribution in [0.3, 0.4) is 0 Å². The van der Waals surface area contributed by atoms with Gasteiger partial charge in [0.1, 0.15) is 16.8 Å². The zero-order valence-corrected chi connectivity index (χ0v) is 11.9. The number of nitrogens with zero attached hydrogens (tertiary/aromatic N) is 1. The van der Waals surface area contributed by atoms with Gasteiger partial charge >= 0.3 is 0 Å². The predicted molar refractivity (Wildman–Crippen MR) is 77.5 cm³/mol. The first-order valence-corrected chi connectivity index (χ1v) is 7.40. The zero-order chi connectivity index (χ0) is 15.6. The Hall–Kier alpha value is -2.59. The molecule has 21 heavy (non-hydrogen) atoms. The molecule has 108 valence electrons. The molecule has 0 aliphatic rings. The Morgan fingerprint density at radius 3 is 2.57 bits per heavy atom. The average Bonchev–Trinajstić information content (AvgIpc) is 2.42. The fraction of sp³-hybridized carbons (Fsp3) is 0.0714. The third kappa shape index (κ3) is 3.12. The summed E-state index contributed by atoms with van der Waals surface area (Å²) in [6.07, 6.45) is 0. The molecule has 2 aromatic rings. The van der Waals surface area contributed by atoms with Crippen LogP contribution >= 0.6 is 0 Å². The van der Waals surface area contributed by atoms with Crippen molar-refractivity contribution in [3.8, 4) is 6.07 Å². The summed E-state index contributed by atoms with van der Waals surface area (Å²) in [5, 5.41) is 9.00. The van der Waals surface area contributed by atoms with Crippen LogP contribution in [0, 0.1) is 24.1 Å². The van der Waals surface area contributed by atoms with Crippen molar-refractivity contribution in [3.05, 3.63) is 53.3 Å². The number of anilines is 2. The molecular formula is C14H12FN3O2S. The van der Waals surface area contributed by atoms with Gasteiger partial charge in [-0.3, -0.25) is 4.72 Å². The monoisotopic (exact) mass is 305 g/mol. The molecule has 0 saturated heterocycles. The molecule has 2 rings (SSSR count). The molecule has 2 aromatic carbocycles. The molecule has 0 aliphatic heterocycles. The highest BCUT2D eigenvalue weighted by Gasteiger charge is 2.19. The van der Waals surface area contributed by atoms with Gasteiger partial charge in [0.25, 0.3) is 10.0 Å². The van der Waals surface area contributed by atoms with Crippen LogP contribution in [-0.2, 0) is 10.0 Å². The van der Waals surface area contributed by atoms with Gasteiger partial charge in [0.05, 0.1) is 11.3 Å². The van der Waals surface area contributed by atoms with Gasteiger partial charge in [0.2, 0.25) is 0 Å². The summed E-state index contributed by atoms with van der Waals surface area (Å²) in [5.41, 5.74) is 6.22. The van der Waals surface area contributed by atoms with E-state index in [-0.39, 0.29) is 21.8 Å². The maximum Gasteiger partial charge on any atom is 0.263 e. The van der Waals surface area contributed by atoms with Crippen LogP contribution < -0.4 is 10.5 Å². The van der Waals surface area contributed by atoms with Crippen LogP contribution in [-0.4, -0.2) is 8.42 Å². The van der Waals surface area contributed by atoms with Gasteiger partial charge in [-0.1, -0.05) is 6.07 Å². The average molecular weight is 305 g/mol. The van der Waals surface area contributed by atoms with Crippen molar-refractivity contribution in [1.29, 1.82) is 5.26 Å². The normalized spacial score (nSPS) is 10.9. The van der Waals surface area contributed by atoms with Crippen LogP contribution in [0.4, 0.5) is 15.8 Å². The van der Waals surface area contributed by atoms with Crippen molar-refractivity contribution in [3.63, 3.8) is 0 Å². The lowest BCUT2D eigenvalue weighted by Gasteiger charge is -2.10. The van der Waals surface area contributed by atoms with E-state index in [9.17, 15) is 12.8 Å². The van der Waals surface area contributed by atoms with Crippen molar-refractivity contribution in [2.75, 3.05) is 10.5 Å². The minimum Gasteiger partial charge on any atom is -0.399 e. The van der Waals surface area contributed by atoms with Crippen molar-refractivity contribution < 1.29 is 12.8 Å². The highest BCUT2D eigenvalue weighted by atomic mass is 32.2. The van der Waals surface area contributed by atoms with Crippen LogP contribution in [0.5, 0.6) is 0 Å². The molecule has 0 aliphatic carbocycles. The van der Waals surface area contributed by atoms with Crippen LogP contribution in [0.2, 0.25) is 0 Å². The number of benzene rings is 2. The summed E-state index contributed by atoms with van der Waals surface area (Å²) in [7, 11) is -4.00. The first-order chi connectivity index (χ1) is 9.83. The molecule has 0 aromatic heterocycles. The van der Waals surface area contributed by atoms with E-state index in [0.29, 0.717) is 5.56 Å². The second kappa shape index (κ2) is 5.42. The van der Waals surface area contributed by atoms with E-state index >= 15 is 0 Å². The largest absolute Gasteiger partial charge is 0.399 e. The molecule has 0 atom stereocenters. The summed E-state index contributed by atoms with van der Waals surface area (Å²) in [6, 6.07) is 9.64. The summed E-state index contributed by atoms with van der Waals surface area (Å²) in [4.78, 5) is -0.208. The summed E-state index contributed by atoms with van der Waals surface area (Å²) >= 11 is 0. The number of hydrogen-bond acceptors (Lipinski definition) is 4. The lowest BCUT2D eigenvalue weighted by molar-refractivity contribution is 0.600. The molecule has 0 spiro atoms. The third-order valence-electron chi connectivity index (χ3n) is 2.84. The number of halogens is 1. The second-order valence-electron chi connectivity index (χ2n) is 4.44. The molecule has 0 bridgehead atoms. The standard InChI is InChI=1S/C14H12FN3O2S/c1-9-2-4-12(7-13(9)15)18-21(19,20)14-5-3-11(17)6-10(14)8-16/h2-7,18H,17H2,1H3. The lowest BCUT2D eigenvalue weighted by Crippen LogP contribution is -2.14. The van der Waals surface area contributed by atoms with Gasteiger partial charge < -0.3 is 5.73 Å². The van der Waals surface area contributed by atoms with Gasteiger partial charge in [0.15, 0.2) is 0 Å². The van der Waals surface area contributed by atoms with E-state index in [4.69, 9.17) is 11.0 Å². The maximum atomic E-state index is 13.5. The Morgan fingerprint density at radius 2 is 1.95 bits per heavy atom. The van der Waals surface area contributed by atoms with Crippen molar-refractivity contribution in [2.45, 2.75) is 11.8 Å². The number of sulfonamides is 1. The van der Waals surface area contributed by atoms with Crippen molar-refractivity contribution in [2.24, 2.45) is 0 Å². The minimum atomic E-state index is -4.00. The number of hydrogen-bond donors (Lipinski definition) is 2. The predicted octanol–water partition coefficient (Wildman–Crippen LogP) is 2.39. The number of rotatable bonds is 3. The summed E-state index contributed by atoms with van der Waals surface area (Å²) < 4.78 is 40.2. The SMILES string of the molecule is Cc1ccc(NS(=O)(=O)c2ccc(N)cc2C#N)cc1F. The molecular weight excluding hydrogens is 293 g/mol. The van der Waals surface area contributed by atoms with E-state index in [1.165, 1.54) is 30.3 Å². The van der Waals surface area contributed by atoms with Gasteiger partial charge in [-0.15, -0.1) is 0 Å². The Kier molecular flexibility index (Phi) is 3.82. The molecule has 7 heteroatoms. The fourth-order valence-corrected chi connectivity index (χ4v) is 2.92. The van der Waals surface area contributed by atoms with Crippen LogP contribution in [0.1, 0.15) is 11.1 Å². The van der Waals surface area contributed by atoms with E-state index in [2.05, 4.69) is 4.72 Å².